The lowest BCUT2D eigenvalue weighted by molar-refractivity contribution is -0.383. The fraction of sp³-hybridized carbons (Fsp3) is 0. The molecular weight excluding hydrogens is 192 g/mol. The molecule has 0 fully saturated rings. The summed E-state index contributed by atoms with van der Waals surface area (Å²) in [5.41, 5.74) is -0.535. The van der Waals surface area contributed by atoms with Crippen LogP contribution in [-0.2, 0) is 0 Å². The zero-order chi connectivity index (χ0) is 9.42. The van der Waals surface area contributed by atoms with Gasteiger partial charge in [-0.2, -0.15) is 0 Å². The summed E-state index contributed by atoms with van der Waals surface area (Å²) in [5, 5.41) is 10.7. The van der Waals surface area contributed by atoms with Gasteiger partial charge in [-0.25, -0.2) is 0 Å². The Hall–Kier alpha value is -1.69. The molecule has 0 aliphatic heterocycles. The Kier molecular flexibility index (Phi) is 1.63. The van der Waals surface area contributed by atoms with Gasteiger partial charge in [-0.3, -0.25) is 19.3 Å². The normalized spacial score (nSPS) is 10.5. The van der Waals surface area contributed by atoms with Crippen molar-refractivity contribution in [3.05, 3.63) is 38.7 Å². The minimum absolute atomic E-state index is 0.139. The summed E-state index contributed by atoms with van der Waals surface area (Å²) < 4.78 is 3.06. The van der Waals surface area contributed by atoms with E-state index in [-0.39, 0.29) is 11.1 Å². The lowest BCUT2D eigenvalue weighted by Gasteiger charge is -1.89. The van der Waals surface area contributed by atoms with Gasteiger partial charge in [0.2, 0.25) is 0 Å². The largest absolute Gasteiger partial charge is 0.283 e. The number of nitro groups is 1. The molecule has 1 N–H and O–H groups in total. The predicted molar refractivity (Wildman–Crippen MR) is 49.1 cm³/mol. The predicted octanol–water partition coefficient (Wildman–Crippen LogP) is 1.50. The van der Waals surface area contributed by atoms with Crippen LogP contribution in [0.3, 0.4) is 0 Å². The molecule has 0 saturated heterocycles. The van der Waals surface area contributed by atoms with E-state index in [2.05, 4.69) is 4.37 Å². The summed E-state index contributed by atoms with van der Waals surface area (Å²) in [7, 11) is 0. The molecule has 0 radical (unpaired) electrons. The highest BCUT2D eigenvalue weighted by molar-refractivity contribution is 7.13. The van der Waals surface area contributed by atoms with Crippen LogP contribution in [0.1, 0.15) is 0 Å². The molecule has 2 aromatic rings. The van der Waals surface area contributed by atoms with Crippen LogP contribution in [0, 0.1) is 10.1 Å². The topological polar surface area (TPSA) is 76.0 Å². The Bertz CT molecular complexity index is 528. The molecule has 0 aliphatic carbocycles. The van der Waals surface area contributed by atoms with Gasteiger partial charge in [-0.1, -0.05) is 17.6 Å². The van der Waals surface area contributed by atoms with Crippen molar-refractivity contribution >= 4 is 27.3 Å². The van der Waals surface area contributed by atoms with Crippen LogP contribution < -0.4 is 5.56 Å². The first kappa shape index (κ1) is 7.93. The summed E-state index contributed by atoms with van der Waals surface area (Å²) >= 11 is 1.10. The number of benzene rings is 1. The standard InChI is InChI=1S/C7H4N2O3S/c10-7-6-4(9(11)12)2-1-3-5(6)13-8-7/h1-3H,(H,8,10). The highest BCUT2D eigenvalue weighted by Gasteiger charge is 2.15. The molecule has 0 amide bonds. The first-order valence-corrected chi connectivity index (χ1v) is 4.26. The van der Waals surface area contributed by atoms with E-state index in [0.717, 1.165) is 11.5 Å². The maximum Gasteiger partial charge on any atom is 0.283 e. The molecule has 66 valence electrons. The molecule has 2 rings (SSSR count). The van der Waals surface area contributed by atoms with Crippen LogP contribution in [0.5, 0.6) is 0 Å². The van der Waals surface area contributed by atoms with E-state index in [0.29, 0.717) is 4.70 Å². The summed E-state index contributed by atoms with van der Waals surface area (Å²) in [6, 6.07) is 4.56. The molecule has 5 nitrogen and oxygen atoms in total. The summed E-state index contributed by atoms with van der Waals surface area (Å²) in [6.45, 7) is 0. The van der Waals surface area contributed by atoms with Crippen LogP contribution in [-0.4, -0.2) is 9.30 Å². The van der Waals surface area contributed by atoms with Gasteiger partial charge in [0.05, 0.1) is 9.62 Å². The van der Waals surface area contributed by atoms with Gasteiger partial charge in [0.15, 0.2) is 0 Å². The smallest absolute Gasteiger partial charge is 0.276 e. The van der Waals surface area contributed by atoms with Crippen molar-refractivity contribution < 1.29 is 4.92 Å². The molecular formula is C7H4N2O3S. The van der Waals surface area contributed by atoms with Gasteiger partial charge in [0.1, 0.15) is 5.39 Å². The summed E-state index contributed by atoms with van der Waals surface area (Å²) in [4.78, 5) is 21.1. The number of H-pyrrole nitrogens is 1. The molecule has 0 aliphatic rings. The van der Waals surface area contributed by atoms with Gasteiger partial charge in [0, 0.05) is 6.07 Å². The Labute approximate surface area is 75.9 Å². The Morgan fingerprint density at radius 1 is 1.46 bits per heavy atom. The van der Waals surface area contributed by atoms with Gasteiger partial charge in [-0.05, 0) is 6.07 Å². The molecule has 13 heavy (non-hydrogen) atoms. The first-order chi connectivity index (χ1) is 6.20. The molecule has 1 aromatic carbocycles. The lowest BCUT2D eigenvalue weighted by atomic mass is 10.2. The van der Waals surface area contributed by atoms with Crippen molar-refractivity contribution in [2.24, 2.45) is 0 Å². The van der Waals surface area contributed by atoms with Crippen molar-refractivity contribution in [1.29, 1.82) is 0 Å². The third kappa shape index (κ3) is 1.11. The van der Waals surface area contributed by atoms with Gasteiger partial charge < -0.3 is 0 Å². The van der Waals surface area contributed by atoms with Crippen molar-refractivity contribution in [3.63, 3.8) is 0 Å². The monoisotopic (exact) mass is 196 g/mol. The summed E-state index contributed by atoms with van der Waals surface area (Å²) in [5.74, 6) is 0. The van der Waals surface area contributed by atoms with E-state index in [1.54, 1.807) is 12.1 Å². The van der Waals surface area contributed by atoms with Crippen LogP contribution >= 0.6 is 11.5 Å². The first-order valence-electron chi connectivity index (χ1n) is 3.45. The van der Waals surface area contributed by atoms with Crippen molar-refractivity contribution in [2.75, 3.05) is 0 Å². The Morgan fingerprint density at radius 2 is 2.23 bits per heavy atom. The number of aromatic amines is 1. The average molecular weight is 196 g/mol. The number of aromatic nitrogens is 1. The van der Waals surface area contributed by atoms with Crippen molar-refractivity contribution in [3.8, 4) is 0 Å². The van der Waals surface area contributed by atoms with E-state index in [1.807, 2.05) is 0 Å². The number of hydrogen-bond acceptors (Lipinski definition) is 4. The fourth-order valence-corrected chi connectivity index (χ4v) is 1.89. The Morgan fingerprint density at radius 3 is 2.92 bits per heavy atom. The SMILES string of the molecule is O=c1[nH]sc2cccc([N+](=O)[O-])c12. The molecule has 1 heterocycles. The summed E-state index contributed by atoms with van der Waals surface area (Å²) in [6.07, 6.45) is 0. The zero-order valence-electron chi connectivity index (χ0n) is 6.31. The molecule has 0 saturated carbocycles. The van der Waals surface area contributed by atoms with Crippen LogP contribution in [0.15, 0.2) is 23.0 Å². The quantitative estimate of drug-likeness (QED) is 0.554. The van der Waals surface area contributed by atoms with E-state index in [1.165, 1.54) is 6.07 Å². The molecule has 0 unspecified atom stereocenters. The molecule has 0 spiro atoms. The second-order valence-electron chi connectivity index (χ2n) is 2.44. The number of fused-ring (bicyclic) bond motifs is 1. The second-order valence-corrected chi connectivity index (χ2v) is 3.29. The molecule has 0 atom stereocenters. The highest BCUT2D eigenvalue weighted by Crippen LogP contribution is 2.23. The van der Waals surface area contributed by atoms with Crippen molar-refractivity contribution in [1.82, 2.24) is 4.37 Å². The lowest BCUT2D eigenvalue weighted by Crippen LogP contribution is -2.00. The van der Waals surface area contributed by atoms with Gasteiger partial charge >= 0.3 is 0 Å². The molecule has 6 heteroatoms. The number of nitro benzene ring substituents is 1. The van der Waals surface area contributed by atoms with Gasteiger partial charge in [0.25, 0.3) is 11.2 Å². The van der Waals surface area contributed by atoms with E-state index in [9.17, 15) is 14.9 Å². The minimum atomic E-state index is -0.551. The van der Waals surface area contributed by atoms with Crippen LogP contribution in [0.2, 0.25) is 0 Å². The van der Waals surface area contributed by atoms with Crippen molar-refractivity contribution in [2.45, 2.75) is 0 Å². The number of nitrogens with zero attached hydrogens (tertiary/aromatic N) is 1. The van der Waals surface area contributed by atoms with E-state index in [4.69, 9.17) is 0 Å². The van der Waals surface area contributed by atoms with Crippen LogP contribution in [0.25, 0.3) is 10.1 Å². The maximum atomic E-state index is 11.2. The average Bonchev–Trinajstić information content (AvgIpc) is 2.48. The van der Waals surface area contributed by atoms with E-state index < -0.39 is 10.5 Å². The van der Waals surface area contributed by atoms with E-state index >= 15 is 0 Å². The number of non-ortho nitro benzene ring substituents is 1. The number of rotatable bonds is 1. The molecule has 1 aromatic heterocycles. The fourth-order valence-electron chi connectivity index (χ4n) is 1.14. The molecule has 0 bridgehead atoms. The highest BCUT2D eigenvalue weighted by atomic mass is 32.1. The zero-order valence-corrected chi connectivity index (χ0v) is 7.13. The minimum Gasteiger partial charge on any atom is -0.276 e. The van der Waals surface area contributed by atoms with Crippen LogP contribution in [0.4, 0.5) is 5.69 Å². The second kappa shape index (κ2) is 2.67. The third-order valence-electron chi connectivity index (χ3n) is 1.68. The van der Waals surface area contributed by atoms with Gasteiger partial charge in [-0.15, -0.1) is 0 Å². The number of nitrogens with one attached hydrogen (secondary N) is 1. The maximum absolute atomic E-state index is 11.2. The number of hydrogen-bond donors (Lipinski definition) is 1. The Balaban J connectivity index is 2.96. The third-order valence-corrected chi connectivity index (χ3v) is 2.53.